The molecule has 0 aliphatic carbocycles. The molecule has 0 aromatic heterocycles. The van der Waals surface area contributed by atoms with Gasteiger partial charge in [-0.05, 0) is 29.2 Å². The summed E-state index contributed by atoms with van der Waals surface area (Å²) in [5, 5.41) is 13.1. The number of hydrogen-bond donors (Lipinski definition) is 3. The molecule has 7 heteroatoms. The van der Waals surface area contributed by atoms with Crippen LogP contribution < -0.4 is 11.1 Å². The van der Waals surface area contributed by atoms with Crippen LogP contribution in [0, 0.1) is 5.41 Å². The average molecular weight is 333 g/mol. The fourth-order valence-electron chi connectivity index (χ4n) is 1.82. The summed E-state index contributed by atoms with van der Waals surface area (Å²) >= 11 is 11.7. The van der Waals surface area contributed by atoms with Crippen molar-refractivity contribution >= 4 is 35.0 Å². The van der Waals surface area contributed by atoms with E-state index < -0.39 is 29.4 Å². The van der Waals surface area contributed by atoms with E-state index in [2.05, 4.69) is 5.32 Å². The third kappa shape index (κ3) is 4.88. The molecule has 0 saturated carbocycles. The highest BCUT2D eigenvalue weighted by atomic mass is 35.5. The van der Waals surface area contributed by atoms with E-state index in [1.807, 2.05) is 0 Å². The van der Waals surface area contributed by atoms with E-state index in [9.17, 15) is 14.7 Å². The lowest BCUT2D eigenvalue weighted by molar-refractivity contribution is -0.135. The zero-order valence-electron chi connectivity index (χ0n) is 12.0. The second-order valence-corrected chi connectivity index (χ2v) is 6.69. The fourth-order valence-corrected chi connectivity index (χ4v) is 2.36. The lowest BCUT2D eigenvalue weighted by Crippen LogP contribution is -2.53. The van der Waals surface area contributed by atoms with Gasteiger partial charge in [-0.3, -0.25) is 9.59 Å². The minimum Gasteiger partial charge on any atom is -0.378 e. The van der Waals surface area contributed by atoms with Crippen LogP contribution in [0.1, 0.15) is 32.4 Å². The van der Waals surface area contributed by atoms with Crippen molar-refractivity contribution in [3.05, 3.63) is 33.8 Å². The highest BCUT2D eigenvalue weighted by Gasteiger charge is 2.33. The average Bonchev–Trinajstić information content (AvgIpc) is 2.31. The SMILES string of the molecule is CC(C)(C)[C@H](NC(=O)C(O)c1cc(Cl)cc(Cl)c1)C(N)=O. The number of aliphatic hydroxyl groups is 1. The summed E-state index contributed by atoms with van der Waals surface area (Å²) in [6, 6.07) is 3.43. The molecule has 0 aliphatic rings. The van der Waals surface area contributed by atoms with Crippen molar-refractivity contribution in [2.24, 2.45) is 11.1 Å². The first-order valence-electron chi connectivity index (χ1n) is 6.26. The van der Waals surface area contributed by atoms with Crippen LogP contribution >= 0.6 is 23.2 Å². The number of aliphatic hydroxyl groups excluding tert-OH is 1. The maximum Gasteiger partial charge on any atom is 0.254 e. The number of carbonyl (C=O) groups excluding carboxylic acids is 2. The monoisotopic (exact) mass is 332 g/mol. The van der Waals surface area contributed by atoms with Crippen LogP contribution in [-0.2, 0) is 9.59 Å². The Morgan fingerprint density at radius 2 is 1.67 bits per heavy atom. The lowest BCUT2D eigenvalue weighted by Gasteiger charge is -2.29. The Kier molecular flexibility index (Phi) is 5.61. The summed E-state index contributed by atoms with van der Waals surface area (Å²) in [6.45, 7) is 5.27. The van der Waals surface area contributed by atoms with Crippen LogP contribution in [0.2, 0.25) is 10.0 Å². The number of primary amides is 1. The molecular weight excluding hydrogens is 315 g/mol. The van der Waals surface area contributed by atoms with Gasteiger partial charge >= 0.3 is 0 Å². The summed E-state index contributed by atoms with van der Waals surface area (Å²) in [5.74, 6) is -1.42. The van der Waals surface area contributed by atoms with E-state index in [0.29, 0.717) is 10.0 Å². The zero-order valence-corrected chi connectivity index (χ0v) is 13.5. The molecule has 1 aromatic rings. The Hall–Kier alpha value is -1.30. The molecule has 0 heterocycles. The van der Waals surface area contributed by atoms with Crippen LogP contribution in [0.25, 0.3) is 0 Å². The van der Waals surface area contributed by atoms with Gasteiger partial charge in [0.2, 0.25) is 5.91 Å². The van der Waals surface area contributed by atoms with Gasteiger partial charge in [-0.2, -0.15) is 0 Å². The number of nitrogens with two attached hydrogens (primary N) is 1. The van der Waals surface area contributed by atoms with Crippen LogP contribution in [0.3, 0.4) is 0 Å². The van der Waals surface area contributed by atoms with Crippen molar-refractivity contribution < 1.29 is 14.7 Å². The molecule has 1 unspecified atom stereocenters. The molecule has 2 amide bonds. The van der Waals surface area contributed by atoms with E-state index in [4.69, 9.17) is 28.9 Å². The van der Waals surface area contributed by atoms with Crippen molar-refractivity contribution in [3.63, 3.8) is 0 Å². The molecule has 0 bridgehead atoms. The summed E-state index contributed by atoms with van der Waals surface area (Å²) < 4.78 is 0. The molecule has 4 N–H and O–H groups in total. The highest BCUT2D eigenvalue weighted by molar-refractivity contribution is 6.34. The van der Waals surface area contributed by atoms with Gasteiger partial charge < -0.3 is 16.2 Å². The Morgan fingerprint density at radius 3 is 2.05 bits per heavy atom. The van der Waals surface area contributed by atoms with Crippen LogP contribution in [0.4, 0.5) is 0 Å². The second kappa shape index (κ2) is 6.64. The van der Waals surface area contributed by atoms with Crippen LogP contribution in [0.5, 0.6) is 0 Å². The maximum absolute atomic E-state index is 12.1. The smallest absolute Gasteiger partial charge is 0.254 e. The minimum atomic E-state index is -1.50. The normalized spacial score (nSPS) is 14.4. The lowest BCUT2D eigenvalue weighted by atomic mass is 9.86. The van der Waals surface area contributed by atoms with Gasteiger partial charge in [-0.15, -0.1) is 0 Å². The molecule has 21 heavy (non-hydrogen) atoms. The van der Waals surface area contributed by atoms with Gasteiger partial charge in [-0.25, -0.2) is 0 Å². The third-order valence-electron chi connectivity index (χ3n) is 2.89. The van der Waals surface area contributed by atoms with Crippen molar-refractivity contribution in [2.75, 3.05) is 0 Å². The first-order valence-corrected chi connectivity index (χ1v) is 7.01. The van der Waals surface area contributed by atoms with E-state index in [0.717, 1.165) is 0 Å². The van der Waals surface area contributed by atoms with Crippen LogP contribution in [-0.4, -0.2) is 23.0 Å². The van der Waals surface area contributed by atoms with Gasteiger partial charge in [0.15, 0.2) is 6.10 Å². The van der Waals surface area contributed by atoms with E-state index in [1.165, 1.54) is 18.2 Å². The quantitative estimate of drug-likeness (QED) is 0.787. The summed E-state index contributed by atoms with van der Waals surface area (Å²) in [5.41, 5.74) is 4.94. The van der Waals surface area contributed by atoms with Gasteiger partial charge in [0.1, 0.15) is 6.04 Å². The molecule has 0 saturated heterocycles. The minimum absolute atomic E-state index is 0.238. The molecule has 1 rings (SSSR count). The summed E-state index contributed by atoms with van der Waals surface area (Å²) in [4.78, 5) is 23.5. The van der Waals surface area contributed by atoms with Gasteiger partial charge in [-0.1, -0.05) is 44.0 Å². The molecule has 0 radical (unpaired) electrons. The zero-order chi connectivity index (χ0) is 16.4. The van der Waals surface area contributed by atoms with Crippen molar-refractivity contribution in [3.8, 4) is 0 Å². The number of carbonyl (C=O) groups is 2. The predicted molar refractivity (Wildman–Crippen MR) is 82.0 cm³/mol. The van der Waals surface area contributed by atoms with Crippen LogP contribution in [0.15, 0.2) is 18.2 Å². The van der Waals surface area contributed by atoms with Crippen molar-refractivity contribution in [2.45, 2.75) is 32.9 Å². The number of halogens is 2. The predicted octanol–water partition coefficient (Wildman–Crippen LogP) is 2.04. The standard InChI is InChI=1S/C14H18Cl2N2O3/c1-14(2,3)11(12(17)20)18-13(21)10(19)7-4-8(15)6-9(16)5-7/h4-6,10-11,19H,1-3H3,(H2,17,20)(H,18,21)/t10?,11-/m1/s1. The molecule has 5 nitrogen and oxygen atoms in total. The van der Waals surface area contributed by atoms with E-state index in [-0.39, 0.29) is 5.56 Å². The van der Waals surface area contributed by atoms with Gasteiger partial charge in [0.05, 0.1) is 0 Å². The topological polar surface area (TPSA) is 92.4 Å². The van der Waals surface area contributed by atoms with Crippen molar-refractivity contribution in [1.82, 2.24) is 5.32 Å². The number of benzene rings is 1. The summed E-state index contributed by atoms with van der Waals surface area (Å²) in [6.07, 6.45) is -1.50. The first kappa shape index (κ1) is 17.8. The highest BCUT2D eigenvalue weighted by Crippen LogP contribution is 2.25. The molecule has 0 spiro atoms. The van der Waals surface area contributed by atoms with Gasteiger partial charge in [0, 0.05) is 10.0 Å². The molecule has 2 atom stereocenters. The largest absolute Gasteiger partial charge is 0.378 e. The molecular formula is C14H18Cl2N2O3. The van der Waals surface area contributed by atoms with Crippen molar-refractivity contribution in [1.29, 1.82) is 0 Å². The Labute approximate surface area is 133 Å². The first-order chi connectivity index (χ1) is 9.52. The number of hydrogen-bond acceptors (Lipinski definition) is 3. The maximum atomic E-state index is 12.1. The second-order valence-electron chi connectivity index (χ2n) is 5.82. The Balaban J connectivity index is 2.94. The summed E-state index contributed by atoms with van der Waals surface area (Å²) in [7, 11) is 0. The van der Waals surface area contributed by atoms with E-state index in [1.54, 1.807) is 20.8 Å². The van der Waals surface area contributed by atoms with Gasteiger partial charge in [0.25, 0.3) is 5.91 Å². The fraction of sp³-hybridized carbons (Fsp3) is 0.429. The van der Waals surface area contributed by atoms with E-state index >= 15 is 0 Å². The molecule has 0 aliphatic heterocycles. The molecule has 0 fully saturated rings. The Morgan fingerprint density at radius 1 is 1.19 bits per heavy atom. The number of rotatable bonds is 4. The Bertz CT molecular complexity index is 535. The third-order valence-corrected chi connectivity index (χ3v) is 3.32. The number of amides is 2. The molecule has 1 aromatic carbocycles. The molecule has 116 valence electrons. The number of nitrogens with one attached hydrogen (secondary N) is 1.